The van der Waals surface area contributed by atoms with Crippen LogP contribution < -0.4 is 0 Å². The monoisotopic (exact) mass is 196 g/mol. The van der Waals surface area contributed by atoms with Crippen LogP contribution in [0.5, 0.6) is 0 Å². The third-order valence-corrected chi connectivity index (χ3v) is 5.01. The maximum Gasteiger partial charge on any atom is 0.0706 e. The second-order valence-corrected chi connectivity index (χ2v) is 5.92. The summed E-state index contributed by atoms with van der Waals surface area (Å²) in [6.45, 7) is 6.84. The van der Waals surface area contributed by atoms with Crippen molar-refractivity contribution >= 4 is 0 Å². The van der Waals surface area contributed by atoms with Crippen LogP contribution in [0.15, 0.2) is 0 Å². The van der Waals surface area contributed by atoms with Gasteiger partial charge in [-0.05, 0) is 42.9 Å². The van der Waals surface area contributed by atoms with E-state index in [4.69, 9.17) is 0 Å². The summed E-state index contributed by atoms with van der Waals surface area (Å²) in [4.78, 5) is 0. The molecular weight excluding hydrogens is 172 g/mol. The summed E-state index contributed by atoms with van der Waals surface area (Å²) in [5.74, 6) is 2.76. The summed E-state index contributed by atoms with van der Waals surface area (Å²) in [5, 5.41) is 10.6. The molecule has 2 rings (SSSR count). The van der Waals surface area contributed by atoms with Crippen molar-refractivity contribution in [1.29, 1.82) is 0 Å². The Morgan fingerprint density at radius 3 is 2.00 bits per heavy atom. The first-order chi connectivity index (χ1) is 6.54. The topological polar surface area (TPSA) is 20.2 Å². The van der Waals surface area contributed by atoms with E-state index in [-0.39, 0.29) is 5.60 Å². The minimum Gasteiger partial charge on any atom is -0.389 e. The predicted molar refractivity (Wildman–Crippen MR) is 59.0 cm³/mol. The van der Waals surface area contributed by atoms with E-state index >= 15 is 0 Å². The average Bonchev–Trinajstić information content (AvgIpc) is 2.18. The maximum absolute atomic E-state index is 10.6. The van der Waals surface area contributed by atoms with Gasteiger partial charge in [-0.15, -0.1) is 0 Å². The lowest BCUT2D eigenvalue weighted by Gasteiger charge is -2.55. The van der Waals surface area contributed by atoms with E-state index in [0.717, 1.165) is 18.3 Å². The average molecular weight is 196 g/mol. The summed E-state index contributed by atoms with van der Waals surface area (Å²) in [6, 6.07) is 0. The highest BCUT2D eigenvalue weighted by molar-refractivity contribution is 5.03. The third kappa shape index (κ3) is 1.50. The van der Waals surface area contributed by atoms with Gasteiger partial charge in [-0.25, -0.2) is 0 Å². The summed E-state index contributed by atoms with van der Waals surface area (Å²) >= 11 is 0. The maximum atomic E-state index is 10.6. The molecule has 0 aliphatic heterocycles. The summed E-state index contributed by atoms with van der Waals surface area (Å²) in [6.07, 6.45) is 6.22. The zero-order valence-corrected chi connectivity index (χ0v) is 9.79. The third-order valence-electron chi connectivity index (χ3n) is 5.01. The lowest BCUT2D eigenvalue weighted by Crippen LogP contribution is -2.57. The van der Waals surface area contributed by atoms with Crippen LogP contribution in [0, 0.1) is 23.7 Å². The molecule has 1 heteroatoms. The molecule has 0 spiro atoms. The molecule has 0 saturated heterocycles. The Balaban J connectivity index is 1.95. The minimum absolute atomic E-state index is 0.292. The van der Waals surface area contributed by atoms with Gasteiger partial charge in [-0.2, -0.15) is 0 Å². The molecule has 0 aromatic carbocycles. The molecule has 82 valence electrons. The van der Waals surface area contributed by atoms with Crippen LogP contribution in [0.1, 0.15) is 52.9 Å². The Morgan fingerprint density at radius 2 is 1.57 bits per heavy atom. The fraction of sp³-hybridized carbons (Fsp3) is 1.00. The van der Waals surface area contributed by atoms with E-state index in [1.54, 1.807) is 0 Å². The highest BCUT2D eigenvalue weighted by atomic mass is 16.3. The zero-order valence-electron chi connectivity index (χ0n) is 9.79. The molecule has 0 amide bonds. The first kappa shape index (κ1) is 10.5. The van der Waals surface area contributed by atoms with Gasteiger partial charge in [0, 0.05) is 0 Å². The van der Waals surface area contributed by atoms with Crippen LogP contribution in [0.25, 0.3) is 0 Å². The molecule has 14 heavy (non-hydrogen) atoms. The highest BCUT2D eigenvalue weighted by Gasteiger charge is 2.52. The molecule has 2 aliphatic carbocycles. The van der Waals surface area contributed by atoms with Crippen molar-refractivity contribution < 1.29 is 5.11 Å². The molecule has 2 aliphatic rings. The van der Waals surface area contributed by atoms with Crippen molar-refractivity contribution in [2.75, 3.05) is 0 Å². The van der Waals surface area contributed by atoms with Crippen molar-refractivity contribution in [3.05, 3.63) is 0 Å². The number of aliphatic hydroxyl groups is 1. The molecule has 2 fully saturated rings. The SMILES string of the molecule is CC1CCC(C2(O)CC(C)C2C)CC1. The Bertz CT molecular complexity index is 205. The molecule has 3 unspecified atom stereocenters. The molecule has 1 N–H and O–H groups in total. The van der Waals surface area contributed by atoms with E-state index in [9.17, 15) is 5.11 Å². The second-order valence-electron chi connectivity index (χ2n) is 5.92. The fourth-order valence-corrected chi connectivity index (χ4v) is 3.51. The molecule has 3 atom stereocenters. The van der Waals surface area contributed by atoms with Crippen LogP contribution >= 0.6 is 0 Å². The molecule has 0 bridgehead atoms. The van der Waals surface area contributed by atoms with Crippen molar-refractivity contribution in [3.8, 4) is 0 Å². The quantitative estimate of drug-likeness (QED) is 0.682. The minimum atomic E-state index is -0.292. The second kappa shape index (κ2) is 3.52. The Hall–Kier alpha value is -0.0400. The Morgan fingerprint density at radius 1 is 1.00 bits per heavy atom. The highest BCUT2D eigenvalue weighted by Crippen LogP contribution is 2.52. The van der Waals surface area contributed by atoms with Gasteiger partial charge in [0.25, 0.3) is 0 Å². The van der Waals surface area contributed by atoms with Gasteiger partial charge >= 0.3 is 0 Å². The van der Waals surface area contributed by atoms with E-state index in [1.165, 1.54) is 25.7 Å². The normalized spacial score (nSPS) is 54.0. The molecule has 0 aromatic rings. The number of rotatable bonds is 1. The van der Waals surface area contributed by atoms with Crippen LogP contribution in [-0.4, -0.2) is 10.7 Å². The smallest absolute Gasteiger partial charge is 0.0706 e. The lowest BCUT2D eigenvalue weighted by molar-refractivity contribution is -0.172. The van der Waals surface area contributed by atoms with Gasteiger partial charge in [0.15, 0.2) is 0 Å². The molecule has 0 radical (unpaired) electrons. The predicted octanol–water partition coefficient (Wildman–Crippen LogP) is 3.22. The molecule has 0 aromatic heterocycles. The van der Waals surface area contributed by atoms with Gasteiger partial charge < -0.3 is 5.11 Å². The number of hydrogen-bond acceptors (Lipinski definition) is 1. The molecule has 1 nitrogen and oxygen atoms in total. The largest absolute Gasteiger partial charge is 0.389 e. The van der Waals surface area contributed by atoms with Gasteiger partial charge in [-0.3, -0.25) is 0 Å². The van der Waals surface area contributed by atoms with E-state index in [1.807, 2.05) is 0 Å². The van der Waals surface area contributed by atoms with E-state index in [0.29, 0.717) is 11.8 Å². The van der Waals surface area contributed by atoms with Gasteiger partial charge in [0.1, 0.15) is 0 Å². The molecular formula is C13H24O. The van der Waals surface area contributed by atoms with Crippen LogP contribution in [0.4, 0.5) is 0 Å². The summed E-state index contributed by atoms with van der Waals surface area (Å²) in [7, 11) is 0. The Kier molecular flexibility index (Phi) is 2.63. The summed E-state index contributed by atoms with van der Waals surface area (Å²) < 4.78 is 0. The standard InChI is InChI=1S/C13H24O/c1-9-4-6-12(7-5-9)13(14)8-10(2)11(13)3/h9-12,14H,4-8H2,1-3H3. The van der Waals surface area contributed by atoms with Crippen LogP contribution in [-0.2, 0) is 0 Å². The first-order valence-electron chi connectivity index (χ1n) is 6.26. The molecule has 2 saturated carbocycles. The fourth-order valence-electron chi connectivity index (χ4n) is 3.51. The van der Waals surface area contributed by atoms with E-state index < -0.39 is 0 Å². The van der Waals surface area contributed by atoms with Crippen molar-refractivity contribution in [2.24, 2.45) is 23.7 Å². The van der Waals surface area contributed by atoms with Gasteiger partial charge in [-0.1, -0.05) is 33.6 Å². The van der Waals surface area contributed by atoms with Gasteiger partial charge in [0.2, 0.25) is 0 Å². The Labute approximate surface area is 87.9 Å². The lowest BCUT2D eigenvalue weighted by atomic mass is 9.55. The number of hydrogen-bond donors (Lipinski definition) is 1. The van der Waals surface area contributed by atoms with Crippen molar-refractivity contribution in [2.45, 2.75) is 58.5 Å². The van der Waals surface area contributed by atoms with Gasteiger partial charge in [0.05, 0.1) is 5.60 Å². The molecule has 0 heterocycles. The van der Waals surface area contributed by atoms with E-state index in [2.05, 4.69) is 20.8 Å². The van der Waals surface area contributed by atoms with Crippen molar-refractivity contribution in [3.63, 3.8) is 0 Å². The first-order valence-corrected chi connectivity index (χ1v) is 6.26. The van der Waals surface area contributed by atoms with Crippen LogP contribution in [0.2, 0.25) is 0 Å². The summed E-state index contributed by atoms with van der Waals surface area (Å²) in [5.41, 5.74) is -0.292. The van der Waals surface area contributed by atoms with Crippen LogP contribution in [0.3, 0.4) is 0 Å². The van der Waals surface area contributed by atoms with Crippen molar-refractivity contribution in [1.82, 2.24) is 0 Å². The zero-order chi connectivity index (χ0) is 10.3.